The molecule has 0 saturated carbocycles. The Morgan fingerprint density at radius 2 is 1.75 bits per heavy atom. The van der Waals surface area contributed by atoms with Gasteiger partial charge in [0.05, 0.1) is 0 Å². The smallest absolute Gasteiger partial charge is 0.000834 e. The van der Waals surface area contributed by atoms with E-state index >= 15 is 0 Å². The maximum Gasteiger partial charge on any atom is -0.000834 e. The number of nitrogens with zero attached hydrogens (tertiary/aromatic N) is 1. The molecule has 0 saturated heterocycles. The van der Waals surface area contributed by atoms with Gasteiger partial charge in [0.15, 0.2) is 0 Å². The van der Waals surface area contributed by atoms with Gasteiger partial charge in [-0.2, -0.15) is 0 Å². The molecule has 1 aromatic carbocycles. The predicted molar refractivity (Wildman–Crippen MR) is 70.9 cm³/mol. The molecule has 0 amide bonds. The summed E-state index contributed by atoms with van der Waals surface area (Å²) in [6.45, 7) is 5.49. The van der Waals surface area contributed by atoms with Crippen LogP contribution in [0.5, 0.6) is 0 Å². The van der Waals surface area contributed by atoms with Crippen molar-refractivity contribution in [3.05, 3.63) is 35.4 Å². The number of hydrogen-bond acceptors (Lipinski definition) is 2. The SMILES string of the molecule is Cc1ccc(CCNCCCN(C)C)cc1. The monoisotopic (exact) mass is 220 g/mol. The molecule has 0 aromatic heterocycles. The summed E-state index contributed by atoms with van der Waals surface area (Å²) in [5, 5.41) is 3.48. The molecule has 1 rings (SSSR count). The van der Waals surface area contributed by atoms with Gasteiger partial charge in [-0.25, -0.2) is 0 Å². The van der Waals surface area contributed by atoms with Crippen molar-refractivity contribution in [2.24, 2.45) is 0 Å². The summed E-state index contributed by atoms with van der Waals surface area (Å²) in [5.41, 5.74) is 2.76. The Morgan fingerprint density at radius 3 is 2.38 bits per heavy atom. The Balaban J connectivity index is 2.05. The second-order valence-corrected chi connectivity index (χ2v) is 4.64. The van der Waals surface area contributed by atoms with E-state index in [0.717, 1.165) is 26.1 Å². The van der Waals surface area contributed by atoms with E-state index in [9.17, 15) is 0 Å². The van der Waals surface area contributed by atoms with Gasteiger partial charge in [0.2, 0.25) is 0 Å². The fraction of sp³-hybridized carbons (Fsp3) is 0.571. The minimum Gasteiger partial charge on any atom is -0.316 e. The van der Waals surface area contributed by atoms with E-state index in [4.69, 9.17) is 0 Å². The van der Waals surface area contributed by atoms with Gasteiger partial charge in [-0.1, -0.05) is 29.8 Å². The van der Waals surface area contributed by atoms with E-state index in [1.54, 1.807) is 0 Å². The largest absolute Gasteiger partial charge is 0.316 e. The average Bonchev–Trinajstić information content (AvgIpc) is 2.25. The first-order chi connectivity index (χ1) is 7.68. The quantitative estimate of drug-likeness (QED) is 0.708. The van der Waals surface area contributed by atoms with Crippen LogP contribution in [0.2, 0.25) is 0 Å². The van der Waals surface area contributed by atoms with Crippen LogP contribution in [0.15, 0.2) is 24.3 Å². The van der Waals surface area contributed by atoms with Crippen LogP contribution in [0.1, 0.15) is 17.5 Å². The van der Waals surface area contributed by atoms with Crippen molar-refractivity contribution in [1.82, 2.24) is 10.2 Å². The van der Waals surface area contributed by atoms with Gasteiger partial charge in [0.1, 0.15) is 0 Å². The van der Waals surface area contributed by atoms with Gasteiger partial charge in [-0.3, -0.25) is 0 Å². The fourth-order valence-electron chi connectivity index (χ4n) is 1.63. The highest BCUT2D eigenvalue weighted by Gasteiger charge is 1.93. The zero-order valence-electron chi connectivity index (χ0n) is 10.8. The van der Waals surface area contributed by atoms with Gasteiger partial charge in [0.25, 0.3) is 0 Å². The van der Waals surface area contributed by atoms with Crippen molar-refractivity contribution in [2.45, 2.75) is 19.8 Å². The van der Waals surface area contributed by atoms with Gasteiger partial charge in [-0.05, 0) is 59.1 Å². The molecule has 0 fully saturated rings. The zero-order valence-corrected chi connectivity index (χ0v) is 10.8. The highest BCUT2D eigenvalue weighted by atomic mass is 15.0. The maximum atomic E-state index is 3.48. The Bertz CT molecular complexity index is 277. The summed E-state index contributed by atoms with van der Waals surface area (Å²) in [5.74, 6) is 0. The van der Waals surface area contributed by atoms with Gasteiger partial charge in [-0.15, -0.1) is 0 Å². The van der Waals surface area contributed by atoms with Crippen LogP contribution < -0.4 is 5.32 Å². The molecule has 0 unspecified atom stereocenters. The maximum absolute atomic E-state index is 3.48. The third kappa shape index (κ3) is 5.89. The van der Waals surface area contributed by atoms with Crippen molar-refractivity contribution in [3.63, 3.8) is 0 Å². The summed E-state index contributed by atoms with van der Waals surface area (Å²) in [7, 11) is 4.23. The Hall–Kier alpha value is -0.860. The lowest BCUT2D eigenvalue weighted by molar-refractivity contribution is 0.395. The van der Waals surface area contributed by atoms with Gasteiger partial charge >= 0.3 is 0 Å². The molecule has 1 aromatic rings. The molecular formula is C14H24N2. The lowest BCUT2D eigenvalue weighted by Gasteiger charge is -2.09. The third-order valence-electron chi connectivity index (χ3n) is 2.67. The number of nitrogens with one attached hydrogen (secondary N) is 1. The highest BCUT2D eigenvalue weighted by Crippen LogP contribution is 2.02. The molecule has 1 N–H and O–H groups in total. The first-order valence-electron chi connectivity index (χ1n) is 6.09. The third-order valence-corrected chi connectivity index (χ3v) is 2.67. The lowest BCUT2D eigenvalue weighted by Crippen LogP contribution is -2.23. The van der Waals surface area contributed by atoms with Crippen molar-refractivity contribution in [2.75, 3.05) is 33.7 Å². The van der Waals surface area contributed by atoms with Gasteiger partial charge < -0.3 is 10.2 Å². The molecule has 2 heteroatoms. The van der Waals surface area contributed by atoms with Crippen molar-refractivity contribution >= 4 is 0 Å². The van der Waals surface area contributed by atoms with E-state index in [1.165, 1.54) is 17.5 Å². The van der Waals surface area contributed by atoms with Crippen LogP contribution in [-0.2, 0) is 6.42 Å². The Morgan fingerprint density at radius 1 is 1.06 bits per heavy atom. The topological polar surface area (TPSA) is 15.3 Å². The molecule has 0 spiro atoms. The lowest BCUT2D eigenvalue weighted by atomic mass is 10.1. The normalized spacial score (nSPS) is 11.0. The summed E-state index contributed by atoms with van der Waals surface area (Å²) in [6, 6.07) is 8.80. The molecule has 0 radical (unpaired) electrons. The molecule has 0 aliphatic carbocycles. The van der Waals surface area contributed by atoms with Crippen molar-refractivity contribution < 1.29 is 0 Å². The second kappa shape index (κ2) is 7.42. The first kappa shape index (κ1) is 13.2. The second-order valence-electron chi connectivity index (χ2n) is 4.64. The Kier molecular flexibility index (Phi) is 6.12. The zero-order chi connectivity index (χ0) is 11.8. The van der Waals surface area contributed by atoms with Crippen LogP contribution in [0.4, 0.5) is 0 Å². The van der Waals surface area contributed by atoms with E-state index in [1.807, 2.05) is 0 Å². The van der Waals surface area contributed by atoms with Crippen molar-refractivity contribution in [3.8, 4) is 0 Å². The molecule has 0 aliphatic rings. The number of hydrogen-bond donors (Lipinski definition) is 1. The van der Waals surface area contributed by atoms with Crippen LogP contribution >= 0.6 is 0 Å². The molecule has 16 heavy (non-hydrogen) atoms. The summed E-state index contributed by atoms with van der Waals surface area (Å²) >= 11 is 0. The van der Waals surface area contributed by atoms with Crippen LogP contribution in [0, 0.1) is 6.92 Å². The minimum absolute atomic E-state index is 1.08. The van der Waals surface area contributed by atoms with E-state index in [-0.39, 0.29) is 0 Å². The van der Waals surface area contributed by atoms with E-state index in [0.29, 0.717) is 0 Å². The molecular weight excluding hydrogens is 196 g/mol. The van der Waals surface area contributed by atoms with Crippen LogP contribution in [0.3, 0.4) is 0 Å². The minimum atomic E-state index is 1.08. The molecule has 0 atom stereocenters. The molecule has 90 valence electrons. The molecule has 0 aliphatic heterocycles. The molecule has 0 bridgehead atoms. The molecule has 0 heterocycles. The van der Waals surface area contributed by atoms with Gasteiger partial charge in [0, 0.05) is 0 Å². The summed E-state index contributed by atoms with van der Waals surface area (Å²) in [4.78, 5) is 2.22. The number of rotatable bonds is 7. The standard InChI is InChI=1S/C14H24N2/c1-13-5-7-14(8-6-13)9-11-15-10-4-12-16(2)3/h5-8,15H,4,9-12H2,1-3H3. The van der Waals surface area contributed by atoms with Crippen molar-refractivity contribution in [1.29, 1.82) is 0 Å². The fourth-order valence-corrected chi connectivity index (χ4v) is 1.63. The number of benzene rings is 1. The Labute approximate surface area is 99.7 Å². The van der Waals surface area contributed by atoms with Crippen LogP contribution in [0.25, 0.3) is 0 Å². The van der Waals surface area contributed by atoms with Crippen LogP contribution in [-0.4, -0.2) is 38.6 Å². The number of aryl methyl sites for hydroxylation is 1. The highest BCUT2D eigenvalue weighted by molar-refractivity contribution is 5.21. The first-order valence-corrected chi connectivity index (χ1v) is 6.09. The average molecular weight is 220 g/mol. The summed E-state index contributed by atoms with van der Waals surface area (Å²) in [6.07, 6.45) is 2.35. The predicted octanol–water partition coefficient (Wildman–Crippen LogP) is 2.08. The molecule has 2 nitrogen and oxygen atoms in total. The van der Waals surface area contributed by atoms with E-state index < -0.39 is 0 Å². The van der Waals surface area contributed by atoms with E-state index in [2.05, 4.69) is 55.5 Å². The summed E-state index contributed by atoms with van der Waals surface area (Å²) < 4.78 is 0.